The van der Waals surface area contributed by atoms with Crippen LogP contribution in [0.3, 0.4) is 0 Å². The summed E-state index contributed by atoms with van der Waals surface area (Å²) in [7, 11) is 3.14. The summed E-state index contributed by atoms with van der Waals surface area (Å²) in [5.41, 5.74) is 5.84. The minimum atomic E-state index is -0.492. The Morgan fingerprint density at radius 1 is 1.29 bits per heavy atom. The van der Waals surface area contributed by atoms with Crippen LogP contribution in [0.1, 0.15) is 25.7 Å². The van der Waals surface area contributed by atoms with Crippen molar-refractivity contribution in [3.8, 4) is 0 Å². The van der Waals surface area contributed by atoms with Crippen LogP contribution in [0.5, 0.6) is 0 Å². The van der Waals surface area contributed by atoms with Crippen LogP contribution < -0.4 is 11.1 Å². The Balaban J connectivity index is 2.25. The molecule has 1 fully saturated rings. The van der Waals surface area contributed by atoms with Crippen LogP contribution >= 0.6 is 0 Å². The number of methoxy groups -OCH3 is 2. The molecule has 0 spiro atoms. The molecule has 0 radical (unpaired) electrons. The number of nitrogens with zero attached hydrogens (tertiary/aromatic N) is 1. The Hall–Kier alpha value is -1.18. The highest BCUT2D eigenvalue weighted by Crippen LogP contribution is 2.11. The monoisotopic (exact) mass is 301 g/mol. The molecular weight excluding hydrogens is 274 g/mol. The molecule has 0 aromatic rings. The third-order valence-corrected chi connectivity index (χ3v) is 3.66. The molecular formula is C14H27N3O4. The summed E-state index contributed by atoms with van der Waals surface area (Å²) in [6.45, 7) is 2.01. The quantitative estimate of drug-likeness (QED) is 0.589. The standard InChI is InChI=1S/C14H27N3O4/c1-20-9-3-4-12(15)14(19)16-11-5-7-17(8-6-11)13(18)10-21-2/h11-12H,3-10,15H2,1-2H3,(H,16,19). The van der Waals surface area contributed by atoms with E-state index in [4.69, 9.17) is 15.2 Å². The van der Waals surface area contributed by atoms with Gasteiger partial charge in [-0.3, -0.25) is 9.59 Å². The lowest BCUT2D eigenvalue weighted by atomic mass is 10.0. The van der Waals surface area contributed by atoms with E-state index in [2.05, 4.69) is 5.32 Å². The highest BCUT2D eigenvalue weighted by Gasteiger charge is 2.25. The first-order valence-electron chi connectivity index (χ1n) is 7.40. The van der Waals surface area contributed by atoms with Crippen molar-refractivity contribution in [2.75, 3.05) is 40.5 Å². The van der Waals surface area contributed by atoms with Gasteiger partial charge in [-0.25, -0.2) is 0 Å². The van der Waals surface area contributed by atoms with E-state index in [0.717, 1.165) is 19.3 Å². The van der Waals surface area contributed by atoms with Gasteiger partial charge in [0.05, 0.1) is 6.04 Å². The predicted molar refractivity (Wildman–Crippen MR) is 78.7 cm³/mol. The summed E-state index contributed by atoms with van der Waals surface area (Å²) in [6.07, 6.45) is 2.90. The van der Waals surface area contributed by atoms with Gasteiger partial charge in [0.25, 0.3) is 0 Å². The largest absolute Gasteiger partial charge is 0.385 e. The minimum Gasteiger partial charge on any atom is -0.385 e. The van der Waals surface area contributed by atoms with E-state index in [-0.39, 0.29) is 24.5 Å². The number of nitrogens with one attached hydrogen (secondary N) is 1. The van der Waals surface area contributed by atoms with Gasteiger partial charge in [0, 0.05) is 40.0 Å². The van der Waals surface area contributed by atoms with Crippen molar-refractivity contribution in [3.63, 3.8) is 0 Å². The van der Waals surface area contributed by atoms with Crippen molar-refractivity contribution in [1.82, 2.24) is 10.2 Å². The topological polar surface area (TPSA) is 93.9 Å². The Morgan fingerprint density at radius 2 is 1.95 bits per heavy atom. The maximum Gasteiger partial charge on any atom is 0.248 e. The molecule has 0 bridgehead atoms. The van der Waals surface area contributed by atoms with E-state index in [1.54, 1.807) is 12.0 Å². The molecule has 0 aromatic heterocycles. The number of rotatable bonds is 8. The van der Waals surface area contributed by atoms with E-state index >= 15 is 0 Å². The van der Waals surface area contributed by atoms with Gasteiger partial charge in [0.2, 0.25) is 11.8 Å². The molecule has 2 amide bonds. The third kappa shape index (κ3) is 6.41. The SMILES string of the molecule is COCCCC(N)C(=O)NC1CCN(C(=O)COC)CC1. The fraction of sp³-hybridized carbons (Fsp3) is 0.857. The Labute approximate surface area is 126 Å². The zero-order chi connectivity index (χ0) is 15.7. The molecule has 7 nitrogen and oxygen atoms in total. The van der Waals surface area contributed by atoms with Crippen molar-refractivity contribution in [2.45, 2.75) is 37.8 Å². The first-order valence-corrected chi connectivity index (χ1v) is 7.40. The predicted octanol–water partition coefficient (Wildman–Crippen LogP) is -0.506. The summed E-state index contributed by atoms with van der Waals surface area (Å²) in [5, 5.41) is 2.96. The van der Waals surface area contributed by atoms with Crippen LogP contribution in [0.25, 0.3) is 0 Å². The van der Waals surface area contributed by atoms with E-state index in [1.807, 2.05) is 0 Å². The number of hydrogen-bond acceptors (Lipinski definition) is 5. The lowest BCUT2D eigenvalue weighted by Crippen LogP contribution is -2.51. The first-order chi connectivity index (χ1) is 10.1. The van der Waals surface area contributed by atoms with Gasteiger partial charge < -0.3 is 25.4 Å². The molecule has 7 heteroatoms. The average Bonchev–Trinajstić information content (AvgIpc) is 2.48. The maximum absolute atomic E-state index is 11.9. The second kappa shape index (κ2) is 9.70. The van der Waals surface area contributed by atoms with Crippen molar-refractivity contribution in [3.05, 3.63) is 0 Å². The fourth-order valence-corrected chi connectivity index (χ4v) is 2.37. The van der Waals surface area contributed by atoms with Gasteiger partial charge in [0.15, 0.2) is 0 Å². The van der Waals surface area contributed by atoms with Gasteiger partial charge in [-0.05, 0) is 25.7 Å². The summed E-state index contributed by atoms with van der Waals surface area (Å²) in [4.78, 5) is 25.4. The highest BCUT2D eigenvalue weighted by atomic mass is 16.5. The highest BCUT2D eigenvalue weighted by molar-refractivity contribution is 5.81. The number of nitrogens with two attached hydrogens (primary N) is 1. The molecule has 0 saturated carbocycles. The van der Waals surface area contributed by atoms with Crippen molar-refractivity contribution >= 4 is 11.8 Å². The Bertz CT molecular complexity index is 330. The number of piperidine rings is 1. The molecule has 21 heavy (non-hydrogen) atoms. The zero-order valence-corrected chi connectivity index (χ0v) is 13.0. The fourth-order valence-electron chi connectivity index (χ4n) is 2.37. The van der Waals surface area contributed by atoms with Crippen LogP contribution in [-0.2, 0) is 19.1 Å². The average molecular weight is 301 g/mol. The van der Waals surface area contributed by atoms with Gasteiger partial charge in [-0.15, -0.1) is 0 Å². The smallest absolute Gasteiger partial charge is 0.248 e. The van der Waals surface area contributed by atoms with E-state index in [0.29, 0.717) is 26.1 Å². The van der Waals surface area contributed by atoms with E-state index < -0.39 is 6.04 Å². The summed E-state index contributed by atoms with van der Waals surface area (Å²) in [6, 6.07) is -0.397. The molecule has 1 saturated heterocycles. The molecule has 1 atom stereocenters. The molecule has 0 aromatic carbocycles. The third-order valence-electron chi connectivity index (χ3n) is 3.66. The van der Waals surface area contributed by atoms with Gasteiger partial charge in [-0.1, -0.05) is 0 Å². The molecule has 1 aliphatic heterocycles. The molecule has 1 rings (SSSR count). The number of carbonyl (C=O) groups excluding carboxylic acids is 2. The molecule has 1 heterocycles. The zero-order valence-electron chi connectivity index (χ0n) is 13.0. The number of ether oxygens (including phenoxy) is 2. The summed E-state index contributed by atoms with van der Waals surface area (Å²) in [5.74, 6) is -0.119. The second-order valence-corrected chi connectivity index (χ2v) is 5.34. The molecule has 122 valence electrons. The van der Waals surface area contributed by atoms with E-state index in [9.17, 15) is 9.59 Å². The Morgan fingerprint density at radius 3 is 2.52 bits per heavy atom. The second-order valence-electron chi connectivity index (χ2n) is 5.34. The lowest BCUT2D eigenvalue weighted by molar-refractivity contribution is -0.136. The van der Waals surface area contributed by atoms with Crippen molar-refractivity contribution < 1.29 is 19.1 Å². The van der Waals surface area contributed by atoms with Crippen LogP contribution in [0, 0.1) is 0 Å². The lowest BCUT2D eigenvalue weighted by Gasteiger charge is -2.32. The minimum absolute atomic E-state index is 0.00135. The van der Waals surface area contributed by atoms with E-state index in [1.165, 1.54) is 7.11 Å². The van der Waals surface area contributed by atoms with Gasteiger partial charge >= 0.3 is 0 Å². The van der Waals surface area contributed by atoms with Crippen LogP contribution in [0.4, 0.5) is 0 Å². The number of carbonyl (C=O) groups is 2. The first kappa shape index (κ1) is 17.9. The van der Waals surface area contributed by atoms with Gasteiger partial charge in [0.1, 0.15) is 6.61 Å². The number of hydrogen-bond donors (Lipinski definition) is 2. The van der Waals surface area contributed by atoms with Crippen LogP contribution in [-0.4, -0.2) is 69.3 Å². The summed E-state index contributed by atoms with van der Waals surface area (Å²) < 4.78 is 9.78. The molecule has 3 N–H and O–H groups in total. The molecule has 1 unspecified atom stereocenters. The van der Waals surface area contributed by atoms with Gasteiger partial charge in [-0.2, -0.15) is 0 Å². The van der Waals surface area contributed by atoms with Crippen LogP contribution in [0.2, 0.25) is 0 Å². The maximum atomic E-state index is 11.9. The normalized spacial score (nSPS) is 17.6. The molecule has 1 aliphatic rings. The van der Waals surface area contributed by atoms with Crippen LogP contribution in [0.15, 0.2) is 0 Å². The molecule has 0 aliphatic carbocycles. The Kier molecular flexibility index (Phi) is 8.26. The number of likely N-dealkylation sites (tertiary alicyclic amines) is 1. The van der Waals surface area contributed by atoms with Crippen molar-refractivity contribution in [1.29, 1.82) is 0 Å². The number of amides is 2. The van der Waals surface area contributed by atoms with Crippen molar-refractivity contribution in [2.24, 2.45) is 5.73 Å². The summed E-state index contributed by atoms with van der Waals surface area (Å²) >= 11 is 0.